The van der Waals surface area contributed by atoms with E-state index in [9.17, 15) is 4.79 Å². The third kappa shape index (κ3) is 4.62. The maximum Gasteiger partial charge on any atom is 0.244 e. The topological polar surface area (TPSA) is 29.1 Å². The van der Waals surface area contributed by atoms with Crippen LogP contribution in [0.4, 0.5) is 0 Å². The third-order valence-corrected chi connectivity index (χ3v) is 2.73. The summed E-state index contributed by atoms with van der Waals surface area (Å²) < 4.78 is 0.989. The lowest BCUT2D eigenvalue weighted by molar-refractivity contribution is -0.116. The van der Waals surface area contributed by atoms with Crippen molar-refractivity contribution < 1.29 is 4.79 Å². The first-order chi connectivity index (χ1) is 7.59. The second-order valence-corrected chi connectivity index (χ2v) is 4.85. The van der Waals surface area contributed by atoms with E-state index in [-0.39, 0.29) is 5.91 Å². The van der Waals surface area contributed by atoms with Gasteiger partial charge in [-0.25, -0.2) is 0 Å². The summed E-state index contributed by atoms with van der Waals surface area (Å²) in [5.74, 6) is 0.422. The van der Waals surface area contributed by atoms with Gasteiger partial charge in [0.2, 0.25) is 5.91 Å². The molecule has 0 fully saturated rings. The maximum atomic E-state index is 11.4. The number of rotatable bonds is 4. The van der Waals surface area contributed by atoms with Gasteiger partial charge >= 0.3 is 0 Å². The van der Waals surface area contributed by atoms with Crippen LogP contribution in [0.25, 0.3) is 6.08 Å². The summed E-state index contributed by atoms with van der Waals surface area (Å²) in [5.41, 5.74) is 1.00. The Balaban J connectivity index is 2.54. The smallest absolute Gasteiger partial charge is 0.244 e. The second-order valence-electron chi connectivity index (χ2n) is 3.99. The van der Waals surface area contributed by atoms with Gasteiger partial charge < -0.3 is 5.32 Å². The van der Waals surface area contributed by atoms with E-state index in [2.05, 4.69) is 35.1 Å². The minimum Gasteiger partial charge on any atom is -0.352 e. The number of halogens is 1. The van der Waals surface area contributed by atoms with Crippen molar-refractivity contribution in [3.63, 3.8) is 0 Å². The average Bonchev–Trinajstić information content (AvgIpc) is 2.25. The average molecular weight is 282 g/mol. The Hall–Kier alpha value is -1.09. The van der Waals surface area contributed by atoms with E-state index < -0.39 is 0 Å². The Bertz CT molecular complexity index is 385. The Morgan fingerprint density at radius 3 is 2.75 bits per heavy atom. The summed E-state index contributed by atoms with van der Waals surface area (Å²) in [4.78, 5) is 11.4. The highest BCUT2D eigenvalue weighted by atomic mass is 79.9. The molecule has 1 aromatic rings. The van der Waals surface area contributed by atoms with Crippen LogP contribution in [0.1, 0.15) is 19.4 Å². The SMILES string of the molecule is CC(C)CNC(=O)/C=C/c1ccccc1Br. The molecule has 0 aromatic heterocycles. The predicted molar refractivity (Wildman–Crippen MR) is 71.0 cm³/mol. The van der Waals surface area contributed by atoms with E-state index >= 15 is 0 Å². The first-order valence-corrected chi connectivity index (χ1v) is 6.09. The van der Waals surface area contributed by atoms with Gasteiger partial charge in [-0.15, -0.1) is 0 Å². The first-order valence-electron chi connectivity index (χ1n) is 5.30. The molecule has 1 aromatic carbocycles. The zero-order valence-electron chi connectivity index (χ0n) is 9.53. The summed E-state index contributed by atoms with van der Waals surface area (Å²) in [6, 6.07) is 7.79. The van der Waals surface area contributed by atoms with Crippen LogP contribution in [-0.4, -0.2) is 12.5 Å². The molecule has 0 aliphatic rings. The van der Waals surface area contributed by atoms with Crippen LogP contribution >= 0.6 is 15.9 Å². The summed E-state index contributed by atoms with van der Waals surface area (Å²) in [7, 11) is 0. The number of hydrogen-bond acceptors (Lipinski definition) is 1. The monoisotopic (exact) mass is 281 g/mol. The molecular weight excluding hydrogens is 266 g/mol. The minimum atomic E-state index is -0.0514. The molecule has 2 nitrogen and oxygen atoms in total. The highest BCUT2D eigenvalue weighted by Crippen LogP contribution is 2.16. The fourth-order valence-electron chi connectivity index (χ4n) is 1.14. The van der Waals surface area contributed by atoms with Crippen LogP contribution in [0, 0.1) is 5.92 Å². The van der Waals surface area contributed by atoms with Crippen molar-refractivity contribution >= 4 is 27.9 Å². The van der Waals surface area contributed by atoms with Gasteiger partial charge in [0.05, 0.1) is 0 Å². The van der Waals surface area contributed by atoms with Crippen LogP contribution in [0.2, 0.25) is 0 Å². The number of benzene rings is 1. The van der Waals surface area contributed by atoms with E-state index in [1.54, 1.807) is 12.2 Å². The Morgan fingerprint density at radius 1 is 1.44 bits per heavy atom. The number of carbonyl (C=O) groups excluding carboxylic acids is 1. The zero-order valence-corrected chi connectivity index (χ0v) is 11.1. The highest BCUT2D eigenvalue weighted by Gasteiger charge is 1.98. The van der Waals surface area contributed by atoms with Crippen LogP contribution in [0.15, 0.2) is 34.8 Å². The van der Waals surface area contributed by atoms with Gasteiger partial charge in [0.25, 0.3) is 0 Å². The van der Waals surface area contributed by atoms with E-state index in [1.165, 1.54) is 0 Å². The molecular formula is C13H16BrNO. The largest absolute Gasteiger partial charge is 0.352 e. The summed E-state index contributed by atoms with van der Waals surface area (Å²) in [6.45, 7) is 4.84. The molecule has 0 aliphatic heterocycles. The van der Waals surface area contributed by atoms with Crippen molar-refractivity contribution in [3.8, 4) is 0 Å². The third-order valence-electron chi connectivity index (χ3n) is 2.00. The van der Waals surface area contributed by atoms with Crippen molar-refractivity contribution in [3.05, 3.63) is 40.4 Å². The van der Waals surface area contributed by atoms with Crippen molar-refractivity contribution in [2.24, 2.45) is 5.92 Å². The van der Waals surface area contributed by atoms with E-state index in [0.29, 0.717) is 12.5 Å². The molecule has 1 N–H and O–H groups in total. The number of nitrogens with one attached hydrogen (secondary N) is 1. The molecule has 3 heteroatoms. The zero-order chi connectivity index (χ0) is 12.0. The van der Waals surface area contributed by atoms with Gasteiger partial charge in [0, 0.05) is 17.1 Å². The van der Waals surface area contributed by atoms with E-state index in [1.807, 2.05) is 24.3 Å². The normalized spacial score (nSPS) is 11.0. The Kier molecular flexibility index (Phi) is 5.26. The molecule has 0 bridgehead atoms. The molecule has 16 heavy (non-hydrogen) atoms. The fraction of sp³-hybridized carbons (Fsp3) is 0.308. The molecule has 1 rings (SSSR count). The lowest BCUT2D eigenvalue weighted by Crippen LogP contribution is -2.25. The van der Waals surface area contributed by atoms with Gasteiger partial charge in [-0.3, -0.25) is 4.79 Å². The molecule has 1 amide bonds. The quantitative estimate of drug-likeness (QED) is 0.844. The molecule has 86 valence electrons. The van der Waals surface area contributed by atoms with Gasteiger partial charge in [-0.05, 0) is 23.6 Å². The predicted octanol–water partition coefficient (Wildman–Crippen LogP) is 3.23. The number of hydrogen-bond donors (Lipinski definition) is 1. The van der Waals surface area contributed by atoms with Gasteiger partial charge in [0.15, 0.2) is 0 Å². The van der Waals surface area contributed by atoms with Crippen LogP contribution in [0.5, 0.6) is 0 Å². The summed E-state index contributed by atoms with van der Waals surface area (Å²) in [5, 5.41) is 2.83. The Morgan fingerprint density at radius 2 is 2.12 bits per heavy atom. The molecule has 0 radical (unpaired) electrons. The molecule has 0 saturated heterocycles. The molecule has 0 spiro atoms. The lowest BCUT2D eigenvalue weighted by atomic mass is 10.2. The first kappa shape index (κ1) is 13.0. The molecule has 0 atom stereocenters. The van der Waals surface area contributed by atoms with E-state index in [4.69, 9.17) is 0 Å². The standard InChI is InChI=1S/C13H16BrNO/c1-10(2)9-15-13(16)8-7-11-5-3-4-6-12(11)14/h3-8,10H,9H2,1-2H3,(H,15,16)/b8-7+. The lowest BCUT2D eigenvalue weighted by Gasteiger charge is -2.04. The van der Waals surface area contributed by atoms with Crippen LogP contribution in [0.3, 0.4) is 0 Å². The number of carbonyl (C=O) groups is 1. The van der Waals surface area contributed by atoms with Crippen molar-refractivity contribution in [2.45, 2.75) is 13.8 Å². The second kappa shape index (κ2) is 6.48. The molecule has 0 heterocycles. The summed E-state index contributed by atoms with van der Waals surface area (Å²) in [6.07, 6.45) is 3.36. The highest BCUT2D eigenvalue weighted by molar-refractivity contribution is 9.10. The van der Waals surface area contributed by atoms with Crippen molar-refractivity contribution in [1.29, 1.82) is 0 Å². The number of amides is 1. The van der Waals surface area contributed by atoms with Crippen molar-refractivity contribution in [1.82, 2.24) is 5.32 Å². The van der Waals surface area contributed by atoms with E-state index in [0.717, 1.165) is 10.0 Å². The van der Waals surface area contributed by atoms with Crippen LogP contribution < -0.4 is 5.32 Å². The van der Waals surface area contributed by atoms with Gasteiger partial charge in [-0.2, -0.15) is 0 Å². The Labute approximate surface area is 105 Å². The van der Waals surface area contributed by atoms with Gasteiger partial charge in [0.1, 0.15) is 0 Å². The fourth-order valence-corrected chi connectivity index (χ4v) is 1.56. The van der Waals surface area contributed by atoms with Crippen LogP contribution in [-0.2, 0) is 4.79 Å². The molecule has 0 aliphatic carbocycles. The maximum absolute atomic E-state index is 11.4. The minimum absolute atomic E-state index is 0.0514. The van der Waals surface area contributed by atoms with Gasteiger partial charge in [-0.1, -0.05) is 48.0 Å². The van der Waals surface area contributed by atoms with Crippen molar-refractivity contribution in [2.75, 3.05) is 6.54 Å². The summed E-state index contributed by atoms with van der Waals surface area (Å²) >= 11 is 3.43. The molecule has 0 unspecified atom stereocenters. The molecule has 0 saturated carbocycles.